The van der Waals surface area contributed by atoms with Crippen molar-refractivity contribution >= 4 is 11.6 Å². The molecule has 1 N–H and O–H groups in total. The van der Waals surface area contributed by atoms with E-state index in [0.29, 0.717) is 0 Å². The first-order valence-electron chi connectivity index (χ1n) is 9.13. The van der Waals surface area contributed by atoms with Crippen LogP contribution in [0.1, 0.15) is 24.0 Å². The standard InChI is InChI=1S/C20H22N6O/c1-15-7-9-16(10-8-15)13-25-11-3-6-19(25)20(27)22-17-4-2-5-18(12-17)26-14-21-23-24-26/h2,4-5,7-10,12,14,19H,3,6,11,13H2,1H3,(H,22,27)/t19-/m1/s1. The molecule has 7 nitrogen and oxygen atoms in total. The lowest BCUT2D eigenvalue weighted by Crippen LogP contribution is -2.39. The molecular weight excluding hydrogens is 340 g/mol. The highest BCUT2D eigenvalue weighted by Crippen LogP contribution is 2.22. The maximum absolute atomic E-state index is 12.9. The number of hydrogen-bond donors (Lipinski definition) is 1. The normalized spacial score (nSPS) is 17.1. The molecule has 0 saturated carbocycles. The summed E-state index contributed by atoms with van der Waals surface area (Å²) in [5.41, 5.74) is 4.04. The molecule has 0 unspecified atom stereocenters. The molecule has 0 radical (unpaired) electrons. The molecule has 0 bridgehead atoms. The number of rotatable bonds is 5. The molecule has 1 aromatic heterocycles. The number of benzene rings is 2. The average molecular weight is 362 g/mol. The minimum atomic E-state index is -0.108. The Bertz CT molecular complexity index is 906. The zero-order chi connectivity index (χ0) is 18.6. The van der Waals surface area contributed by atoms with Gasteiger partial charge in [0.25, 0.3) is 0 Å². The van der Waals surface area contributed by atoms with Crippen LogP contribution in [0.4, 0.5) is 5.69 Å². The van der Waals surface area contributed by atoms with Crippen LogP contribution in [0.15, 0.2) is 54.9 Å². The number of tetrazole rings is 1. The first-order chi connectivity index (χ1) is 13.2. The molecule has 0 aliphatic carbocycles. The van der Waals surface area contributed by atoms with Gasteiger partial charge in [-0.05, 0) is 60.5 Å². The van der Waals surface area contributed by atoms with E-state index in [-0.39, 0.29) is 11.9 Å². The van der Waals surface area contributed by atoms with Crippen LogP contribution in [0.3, 0.4) is 0 Å². The van der Waals surface area contributed by atoms with Gasteiger partial charge in [-0.2, -0.15) is 0 Å². The lowest BCUT2D eigenvalue weighted by atomic mass is 10.1. The molecule has 1 saturated heterocycles. The molecule has 4 rings (SSSR count). The third-order valence-electron chi connectivity index (χ3n) is 4.90. The van der Waals surface area contributed by atoms with Crippen LogP contribution in [-0.2, 0) is 11.3 Å². The van der Waals surface area contributed by atoms with Gasteiger partial charge in [0.2, 0.25) is 5.91 Å². The van der Waals surface area contributed by atoms with Crippen molar-refractivity contribution in [1.29, 1.82) is 0 Å². The fourth-order valence-electron chi connectivity index (χ4n) is 3.47. The quantitative estimate of drug-likeness (QED) is 0.755. The molecule has 1 atom stereocenters. The van der Waals surface area contributed by atoms with Crippen LogP contribution in [-0.4, -0.2) is 43.6 Å². The van der Waals surface area contributed by atoms with Gasteiger partial charge >= 0.3 is 0 Å². The molecule has 0 spiro atoms. The summed E-state index contributed by atoms with van der Waals surface area (Å²) in [4.78, 5) is 15.1. The maximum Gasteiger partial charge on any atom is 0.241 e. The van der Waals surface area contributed by atoms with Crippen molar-refractivity contribution in [1.82, 2.24) is 25.1 Å². The number of carbonyl (C=O) groups is 1. The summed E-state index contributed by atoms with van der Waals surface area (Å²) in [7, 11) is 0. The fourth-order valence-corrected chi connectivity index (χ4v) is 3.47. The zero-order valence-electron chi connectivity index (χ0n) is 15.2. The van der Waals surface area contributed by atoms with E-state index in [0.717, 1.165) is 37.3 Å². The summed E-state index contributed by atoms with van der Waals surface area (Å²) in [6, 6.07) is 15.9. The number of carbonyl (C=O) groups excluding carboxylic acids is 1. The topological polar surface area (TPSA) is 75.9 Å². The highest BCUT2D eigenvalue weighted by Gasteiger charge is 2.30. The molecule has 1 fully saturated rings. The van der Waals surface area contributed by atoms with Gasteiger partial charge < -0.3 is 5.32 Å². The second-order valence-electron chi connectivity index (χ2n) is 6.91. The Balaban J connectivity index is 1.44. The van der Waals surface area contributed by atoms with Gasteiger partial charge in [0.15, 0.2) is 0 Å². The molecule has 1 aliphatic heterocycles. The molecule has 138 valence electrons. The summed E-state index contributed by atoms with van der Waals surface area (Å²) < 4.78 is 1.56. The number of likely N-dealkylation sites (tertiary alicyclic amines) is 1. The van der Waals surface area contributed by atoms with Crippen LogP contribution in [0.5, 0.6) is 0 Å². The van der Waals surface area contributed by atoms with E-state index in [1.165, 1.54) is 17.5 Å². The molecular formula is C20H22N6O. The SMILES string of the molecule is Cc1ccc(CN2CCC[C@@H]2C(=O)Nc2cccc(-n3cnnn3)c2)cc1. The molecule has 1 amide bonds. The van der Waals surface area contributed by atoms with Crippen molar-refractivity contribution in [2.45, 2.75) is 32.4 Å². The second-order valence-corrected chi connectivity index (χ2v) is 6.91. The van der Waals surface area contributed by atoms with E-state index in [1.54, 1.807) is 4.68 Å². The van der Waals surface area contributed by atoms with Gasteiger partial charge in [0.05, 0.1) is 11.7 Å². The van der Waals surface area contributed by atoms with E-state index in [9.17, 15) is 4.79 Å². The first-order valence-corrected chi connectivity index (χ1v) is 9.13. The Hall–Kier alpha value is -3.06. The van der Waals surface area contributed by atoms with Crippen molar-refractivity contribution in [3.8, 4) is 5.69 Å². The van der Waals surface area contributed by atoms with Gasteiger partial charge in [-0.1, -0.05) is 35.9 Å². The number of aromatic nitrogens is 4. The highest BCUT2D eigenvalue weighted by atomic mass is 16.2. The number of nitrogens with one attached hydrogen (secondary N) is 1. The van der Waals surface area contributed by atoms with E-state index in [2.05, 4.69) is 56.9 Å². The zero-order valence-corrected chi connectivity index (χ0v) is 15.2. The minimum absolute atomic E-state index is 0.0356. The largest absolute Gasteiger partial charge is 0.325 e. The van der Waals surface area contributed by atoms with E-state index >= 15 is 0 Å². The lowest BCUT2D eigenvalue weighted by Gasteiger charge is -2.24. The van der Waals surface area contributed by atoms with Crippen LogP contribution in [0.25, 0.3) is 5.69 Å². The lowest BCUT2D eigenvalue weighted by molar-refractivity contribution is -0.120. The fraction of sp³-hybridized carbons (Fsp3) is 0.300. The summed E-state index contributed by atoms with van der Waals surface area (Å²) in [5.74, 6) is 0.0356. The smallest absolute Gasteiger partial charge is 0.241 e. The molecule has 2 aromatic carbocycles. The van der Waals surface area contributed by atoms with E-state index < -0.39 is 0 Å². The number of hydrogen-bond acceptors (Lipinski definition) is 5. The van der Waals surface area contributed by atoms with Crippen LogP contribution >= 0.6 is 0 Å². The van der Waals surface area contributed by atoms with Gasteiger partial charge in [-0.3, -0.25) is 9.69 Å². The molecule has 27 heavy (non-hydrogen) atoms. The van der Waals surface area contributed by atoms with Crippen molar-refractivity contribution in [2.24, 2.45) is 0 Å². The average Bonchev–Trinajstić information content (AvgIpc) is 3.36. The van der Waals surface area contributed by atoms with Crippen LogP contribution in [0.2, 0.25) is 0 Å². The molecule has 7 heteroatoms. The third kappa shape index (κ3) is 4.03. The Labute approximate surface area is 158 Å². The van der Waals surface area contributed by atoms with Gasteiger partial charge in [0, 0.05) is 12.2 Å². The predicted octanol–water partition coefficient (Wildman–Crippen LogP) is 2.57. The summed E-state index contributed by atoms with van der Waals surface area (Å²) >= 11 is 0. The third-order valence-corrected chi connectivity index (χ3v) is 4.90. The summed E-state index contributed by atoms with van der Waals surface area (Å²) in [6.07, 6.45) is 3.44. The summed E-state index contributed by atoms with van der Waals surface area (Å²) in [5, 5.41) is 14.2. The van der Waals surface area contributed by atoms with E-state index in [1.807, 2.05) is 24.3 Å². The van der Waals surface area contributed by atoms with Crippen molar-refractivity contribution < 1.29 is 4.79 Å². The van der Waals surface area contributed by atoms with Gasteiger partial charge in [-0.25, -0.2) is 4.68 Å². The predicted molar refractivity (Wildman–Crippen MR) is 102 cm³/mol. The number of aryl methyl sites for hydroxylation is 1. The minimum Gasteiger partial charge on any atom is -0.325 e. The highest BCUT2D eigenvalue weighted by molar-refractivity contribution is 5.95. The summed E-state index contributed by atoms with van der Waals surface area (Å²) in [6.45, 7) is 3.82. The van der Waals surface area contributed by atoms with Gasteiger partial charge in [-0.15, -0.1) is 5.10 Å². The molecule has 1 aliphatic rings. The molecule has 3 aromatic rings. The Morgan fingerprint density at radius 2 is 2.07 bits per heavy atom. The number of amides is 1. The number of anilines is 1. The maximum atomic E-state index is 12.9. The second kappa shape index (κ2) is 7.67. The van der Waals surface area contributed by atoms with Crippen molar-refractivity contribution in [3.05, 3.63) is 66.0 Å². The Kier molecular flexibility index (Phi) is 4.93. The number of nitrogens with zero attached hydrogens (tertiary/aromatic N) is 5. The van der Waals surface area contributed by atoms with Crippen LogP contribution < -0.4 is 5.32 Å². The Morgan fingerprint density at radius 1 is 1.22 bits per heavy atom. The molecule has 2 heterocycles. The van der Waals surface area contributed by atoms with Gasteiger partial charge in [0.1, 0.15) is 6.33 Å². The monoisotopic (exact) mass is 362 g/mol. The van der Waals surface area contributed by atoms with Crippen LogP contribution in [0, 0.1) is 6.92 Å². The van der Waals surface area contributed by atoms with Crippen molar-refractivity contribution in [3.63, 3.8) is 0 Å². The van der Waals surface area contributed by atoms with Crippen molar-refractivity contribution in [2.75, 3.05) is 11.9 Å². The Morgan fingerprint density at radius 3 is 2.85 bits per heavy atom. The first kappa shape index (κ1) is 17.4. The van der Waals surface area contributed by atoms with E-state index in [4.69, 9.17) is 0 Å².